The minimum Gasteiger partial charge on any atom is -0.478 e. The number of benzene rings is 3. The van der Waals surface area contributed by atoms with Crippen molar-refractivity contribution in [2.24, 2.45) is 0 Å². The predicted octanol–water partition coefficient (Wildman–Crippen LogP) is 6.12. The molecule has 3 aromatic carbocycles. The fourth-order valence-corrected chi connectivity index (χ4v) is 6.34. The van der Waals surface area contributed by atoms with Crippen LogP contribution in [-0.2, 0) is 11.3 Å². The molecule has 8 heteroatoms. The van der Waals surface area contributed by atoms with Crippen LogP contribution in [0.5, 0.6) is 0 Å². The Kier molecular flexibility index (Phi) is 8.47. The van der Waals surface area contributed by atoms with E-state index >= 15 is 0 Å². The van der Waals surface area contributed by atoms with E-state index in [1.165, 1.54) is 23.3 Å². The van der Waals surface area contributed by atoms with Gasteiger partial charge in [-0.3, -0.25) is 9.69 Å². The molecule has 0 saturated carbocycles. The number of hydrogen-bond donors (Lipinski definition) is 1. The molecule has 4 aromatic rings. The van der Waals surface area contributed by atoms with Crippen molar-refractivity contribution in [3.05, 3.63) is 125 Å². The summed E-state index contributed by atoms with van der Waals surface area (Å²) in [5.41, 5.74) is 5.58. The van der Waals surface area contributed by atoms with Crippen LogP contribution in [0.3, 0.4) is 0 Å². The third-order valence-corrected chi connectivity index (χ3v) is 8.63. The van der Waals surface area contributed by atoms with Crippen molar-refractivity contribution < 1.29 is 19.1 Å². The number of nitrogens with zero attached hydrogens (tertiary/aromatic N) is 4. The number of carboxylic acid groups (broad SMARTS) is 1. The average Bonchev–Trinajstić information content (AvgIpc) is 3.70. The van der Waals surface area contributed by atoms with Gasteiger partial charge in [-0.15, -0.1) is 0 Å². The highest BCUT2D eigenvalue weighted by Crippen LogP contribution is 2.35. The molecule has 43 heavy (non-hydrogen) atoms. The van der Waals surface area contributed by atoms with Crippen LogP contribution in [0.15, 0.2) is 91.1 Å². The van der Waals surface area contributed by atoms with E-state index in [4.69, 9.17) is 5.11 Å². The summed E-state index contributed by atoms with van der Waals surface area (Å²) < 4.78 is 15.6. The maximum atomic E-state index is 14.0. The fraction of sp³-hybridized carbons (Fsp3) is 0.286. The van der Waals surface area contributed by atoms with Gasteiger partial charge in [-0.1, -0.05) is 54.6 Å². The van der Waals surface area contributed by atoms with Gasteiger partial charge in [0.25, 0.3) is 5.91 Å². The highest BCUT2D eigenvalue weighted by molar-refractivity contribution is 5.95. The summed E-state index contributed by atoms with van der Waals surface area (Å²) in [6, 6.07) is 24.6. The lowest BCUT2D eigenvalue weighted by atomic mass is 9.90. The lowest BCUT2D eigenvalue weighted by Crippen LogP contribution is -2.34. The molecule has 2 saturated heterocycles. The zero-order chi connectivity index (χ0) is 29.8. The number of aliphatic carboxylic acids is 1. The highest BCUT2D eigenvalue weighted by Gasteiger charge is 2.34. The van der Waals surface area contributed by atoms with E-state index in [1.54, 1.807) is 24.4 Å². The number of rotatable bonds is 8. The van der Waals surface area contributed by atoms with Crippen LogP contribution in [0.4, 0.5) is 4.39 Å². The molecule has 1 aromatic heterocycles. The summed E-state index contributed by atoms with van der Waals surface area (Å²) in [5.74, 6) is -0.794. The molecule has 0 bridgehead atoms. The van der Waals surface area contributed by atoms with Crippen LogP contribution in [-0.4, -0.2) is 62.7 Å². The smallest absolute Gasteiger partial charge is 0.328 e. The molecule has 220 valence electrons. The Morgan fingerprint density at radius 2 is 1.58 bits per heavy atom. The van der Waals surface area contributed by atoms with Crippen molar-refractivity contribution in [2.45, 2.75) is 37.6 Å². The van der Waals surface area contributed by atoms with Crippen molar-refractivity contribution in [3.8, 4) is 5.69 Å². The highest BCUT2D eigenvalue weighted by atomic mass is 19.1. The quantitative estimate of drug-likeness (QED) is 0.255. The Bertz CT molecular complexity index is 1590. The number of piperidine rings is 1. The number of carbonyl (C=O) groups is 2. The molecular formula is C35H35FN4O3. The van der Waals surface area contributed by atoms with Gasteiger partial charge in [-0.25, -0.2) is 13.9 Å². The second kappa shape index (κ2) is 12.8. The zero-order valence-corrected chi connectivity index (χ0v) is 24.0. The predicted molar refractivity (Wildman–Crippen MR) is 164 cm³/mol. The Hall–Kier alpha value is -4.56. The second-order valence-electron chi connectivity index (χ2n) is 11.4. The first-order valence-corrected chi connectivity index (χ1v) is 14.8. The zero-order valence-electron chi connectivity index (χ0n) is 24.0. The molecule has 3 heterocycles. The fourth-order valence-electron chi connectivity index (χ4n) is 6.34. The van der Waals surface area contributed by atoms with Gasteiger partial charge in [0.2, 0.25) is 0 Å². The summed E-state index contributed by atoms with van der Waals surface area (Å²) in [7, 11) is 0. The third-order valence-electron chi connectivity index (χ3n) is 8.63. The second-order valence-corrected chi connectivity index (χ2v) is 11.4. The van der Waals surface area contributed by atoms with E-state index in [1.807, 2.05) is 52.0 Å². The Labute approximate surface area is 250 Å². The van der Waals surface area contributed by atoms with Crippen molar-refractivity contribution in [3.63, 3.8) is 0 Å². The summed E-state index contributed by atoms with van der Waals surface area (Å²) >= 11 is 0. The lowest BCUT2D eigenvalue weighted by Gasteiger charge is -2.33. The van der Waals surface area contributed by atoms with Crippen LogP contribution in [0.2, 0.25) is 0 Å². The summed E-state index contributed by atoms with van der Waals surface area (Å²) in [6.07, 6.45) is 7.11. The molecule has 1 N–H and O–H groups in total. The molecule has 2 aliphatic heterocycles. The topological polar surface area (TPSA) is 78.7 Å². The van der Waals surface area contributed by atoms with Gasteiger partial charge in [0.15, 0.2) is 0 Å². The first-order valence-electron chi connectivity index (χ1n) is 14.8. The molecule has 0 radical (unpaired) electrons. The summed E-state index contributed by atoms with van der Waals surface area (Å²) in [5, 5.41) is 13.5. The van der Waals surface area contributed by atoms with Gasteiger partial charge in [0.1, 0.15) is 5.82 Å². The van der Waals surface area contributed by atoms with Gasteiger partial charge in [0.05, 0.1) is 23.1 Å². The van der Waals surface area contributed by atoms with Gasteiger partial charge < -0.3 is 10.0 Å². The molecule has 1 amide bonds. The van der Waals surface area contributed by atoms with Crippen LogP contribution < -0.4 is 0 Å². The van der Waals surface area contributed by atoms with Crippen molar-refractivity contribution in [2.75, 3.05) is 26.2 Å². The number of halogens is 1. The van der Waals surface area contributed by atoms with Gasteiger partial charge >= 0.3 is 5.97 Å². The minimum atomic E-state index is -0.964. The molecular weight excluding hydrogens is 543 g/mol. The molecule has 2 fully saturated rings. The van der Waals surface area contributed by atoms with Crippen LogP contribution in [0, 0.1) is 5.82 Å². The lowest BCUT2D eigenvalue weighted by molar-refractivity contribution is -0.131. The van der Waals surface area contributed by atoms with Gasteiger partial charge in [-0.05, 0) is 79.4 Å². The SMILES string of the molecule is O=C(O)C=Cc1ccc(CN2CCC(c3c(C(=O)N4CC[C@H](c5ccccc5)C4)cnn3-c3ccc(F)cc3)CC2)cc1. The Morgan fingerprint density at radius 3 is 2.28 bits per heavy atom. The summed E-state index contributed by atoms with van der Waals surface area (Å²) in [6.45, 7) is 3.93. The standard InChI is InChI=1S/C35H35FN4O3/c36-30-11-13-31(14-12-30)40-34(32(22-37-40)35(43)39-21-18-29(24-39)27-4-2-1-3-5-27)28-16-19-38(20-17-28)23-26-8-6-25(7-9-26)10-15-33(41)42/h1-15,22,28-29H,16-21,23-24H2,(H,41,42)/t29-/m0/s1. The van der Waals surface area contributed by atoms with Crippen molar-refractivity contribution in [1.29, 1.82) is 0 Å². The molecule has 0 aliphatic carbocycles. The number of carbonyl (C=O) groups excluding carboxylic acids is 1. The molecule has 7 nitrogen and oxygen atoms in total. The Morgan fingerprint density at radius 1 is 0.884 bits per heavy atom. The molecule has 0 spiro atoms. The number of aromatic nitrogens is 2. The van der Waals surface area contributed by atoms with E-state index in [-0.39, 0.29) is 17.6 Å². The van der Waals surface area contributed by atoms with Crippen LogP contribution in [0.25, 0.3) is 11.8 Å². The molecule has 1 atom stereocenters. The summed E-state index contributed by atoms with van der Waals surface area (Å²) in [4.78, 5) is 29.1. The van der Waals surface area contributed by atoms with E-state index in [0.717, 1.165) is 61.9 Å². The van der Waals surface area contributed by atoms with Crippen LogP contribution >= 0.6 is 0 Å². The van der Waals surface area contributed by atoms with Gasteiger partial charge in [0, 0.05) is 37.5 Å². The van der Waals surface area contributed by atoms with E-state index < -0.39 is 5.97 Å². The maximum Gasteiger partial charge on any atom is 0.328 e. The van der Waals surface area contributed by atoms with Crippen LogP contribution in [0.1, 0.15) is 63.8 Å². The molecule has 2 aliphatic rings. The Balaban J connectivity index is 1.18. The number of hydrogen-bond acceptors (Lipinski definition) is 4. The first kappa shape index (κ1) is 28.6. The minimum absolute atomic E-state index is 0.0151. The normalized spacial score (nSPS) is 18.0. The van der Waals surface area contributed by atoms with E-state index in [9.17, 15) is 14.0 Å². The molecule has 0 unspecified atom stereocenters. The third kappa shape index (κ3) is 6.60. The maximum absolute atomic E-state index is 14.0. The number of amides is 1. The van der Waals surface area contributed by atoms with E-state index in [0.29, 0.717) is 24.6 Å². The van der Waals surface area contributed by atoms with Gasteiger partial charge in [-0.2, -0.15) is 5.10 Å². The number of carboxylic acids is 1. The molecule has 6 rings (SSSR count). The first-order chi connectivity index (χ1) is 20.9. The van der Waals surface area contributed by atoms with Crippen molar-refractivity contribution >= 4 is 18.0 Å². The van der Waals surface area contributed by atoms with E-state index in [2.05, 4.69) is 22.1 Å². The monoisotopic (exact) mass is 578 g/mol. The number of likely N-dealkylation sites (tertiary alicyclic amines) is 2. The largest absolute Gasteiger partial charge is 0.478 e. The average molecular weight is 579 g/mol. The van der Waals surface area contributed by atoms with Crippen molar-refractivity contribution in [1.82, 2.24) is 19.6 Å².